The van der Waals surface area contributed by atoms with Gasteiger partial charge < -0.3 is 15.5 Å². The molecule has 4 rings (SSSR count). The molecule has 0 spiro atoms. The quantitative estimate of drug-likeness (QED) is 0.811. The molecule has 2 fully saturated rings. The Morgan fingerprint density at radius 3 is 2.57 bits per heavy atom. The van der Waals surface area contributed by atoms with Crippen molar-refractivity contribution in [2.24, 2.45) is 5.41 Å². The average Bonchev–Trinajstić information content (AvgIpc) is 3.53. The van der Waals surface area contributed by atoms with Crippen LogP contribution in [0.4, 0.5) is 5.69 Å². The second-order valence-corrected chi connectivity index (χ2v) is 8.52. The number of nitrogens with one attached hydrogen (secondary N) is 2. The molecule has 2 heterocycles. The highest BCUT2D eigenvalue weighted by Crippen LogP contribution is 2.41. The number of anilines is 1. The molecule has 1 unspecified atom stereocenters. The third kappa shape index (κ3) is 4.20. The van der Waals surface area contributed by atoms with E-state index in [1.807, 2.05) is 12.3 Å². The van der Waals surface area contributed by atoms with Crippen molar-refractivity contribution in [1.82, 2.24) is 15.6 Å². The second kappa shape index (κ2) is 7.92. The Morgan fingerprint density at radius 2 is 1.93 bits per heavy atom. The fourth-order valence-corrected chi connectivity index (χ4v) is 4.18. The molecule has 1 saturated carbocycles. The molecule has 5 heteroatoms. The number of benzene rings is 1. The van der Waals surface area contributed by atoms with Crippen molar-refractivity contribution in [1.29, 1.82) is 0 Å². The maximum Gasteiger partial charge on any atom is 0.269 e. The topological polar surface area (TPSA) is 57.3 Å². The van der Waals surface area contributed by atoms with E-state index in [0.29, 0.717) is 23.1 Å². The lowest BCUT2D eigenvalue weighted by molar-refractivity contribution is 0.0958. The van der Waals surface area contributed by atoms with Crippen LogP contribution >= 0.6 is 0 Å². The minimum Gasteiger partial charge on any atom is -0.370 e. The number of hydrogen-bond donors (Lipinski definition) is 2. The van der Waals surface area contributed by atoms with E-state index in [2.05, 4.69) is 57.8 Å². The standard InChI is InChI=1S/C23H30N4O/c1-23(16-26-21-14-19(21)17-6-4-3-5-7-17)10-12-27(13-11-23)18-8-9-20(25-15-18)22(28)24-2/h3-9,15,19,21,26H,10-14,16H2,1-2H3,(H,24,28)/t19?,21-/m1/s1. The fraction of sp³-hybridized carbons (Fsp3) is 0.478. The van der Waals surface area contributed by atoms with E-state index in [1.54, 1.807) is 13.1 Å². The normalized spacial score (nSPS) is 23.3. The zero-order chi connectivity index (χ0) is 19.6. The van der Waals surface area contributed by atoms with Gasteiger partial charge in [-0.15, -0.1) is 0 Å². The summed E-state index contributed by atoms with van der Waals surface area (Å²) in [6.45, 7) is 5.56. The molecule has 28 heavy (non-hydrogen) atoms. The van der Waals surface area contributed by atoms with Crippen molar-refractivity contribution in [3.63, 3.8) is 0 Å². The first kappa shape index (κ1) is 18.9. The van der Waals surface area contributed by atoms with Gasteiger partial charge in [-0.3, -0.25) is 4.79 Å². The number of aromatic nitrogens is 1. The molecule has 2 aromatic rings. The maximum absolute atomic E-state index is 11.6. The molecule has 1 saturated heterocycles. The van der Waals surface area contributed by atoms with Gasteiger partial charge in [0.15, 0.2) is 0 Å². The molecule has 148 valence electrons. The Hall–Kier alpha value is -2.40. The summed E-state index contributed by atoms with van der Waals surface area (Å²) >= 11 is 0. The van der Waals surface area contributed by atoms with Crippen LogP contribution in [0.15, 0.2) is 48.7 Å². The smallest absolute Gasteiger partial charge is 0.269 e. The Bertz CT molecular complexity index is 797. The number of carbonyl (C=O) groups is 1. The third-order valence-corrected chi connectivity index (χ3v) is 6.35. The number of carbonyl (C=O) groups excluding carboxylic acids is 1. The van der Waals surface area contributed by atoms with Gasteiger partial charge in [0.1, 0.15) is 5.69 Å². The van der Waals surface area contributed by atoms with Crippen molar-refractivity contribution >= 4 is 11.6 Å². The molecule has 1 aromatic carbocycles. The summed E-state index contributed by atoms with van der Waals surface area (Å²) in [6, 6.07) is 15.3. The van der Waals surface area contributed by atoms with Gasteiger partial charge >= 0.3 is 0 Å². The van der Waals surface area contributed by atoms with Crippen LogP contribution in [0, 0.1) is 5.41 Å². The van der Waals surface area contributed by atoms with Crippen molar-refractivity contribution in [2.45, 2.75) is 38.1 Å². The number of amides is 1. The van der Waals surface area contributed by atoms with Gasteiger partial charge in [-0.1, -0.05) is 37.3 Å². The highest BCUT2D eigenvalue weighted by molar-refractivity contribution is 5.92. The summed E-state index contributed by atoms with van der Waals surface area (Å²) in [5.74, 6) is 0.549. The van der Waals surface area contributed by atoms with E-state index in [1.165, 1.54) is 24.8 Å². The van der Waals surface area contributed by atoms with Crippen LogP contribution in [0.5, 0.6) is 0 Å². The molecule has 0 bridgehead atoms. The SMILES string of the molecule is CNC(=O)c1ccc(N2CCC(C)(CN[C@@H]3CC3c3ccccc3)CC2)cn1. The first-order valence-electron chi connectivity index (χ1n) is 10.3. The van der Waals surface area contributed by atoms with Gasteiger partial charge in [0.2, 0.25) is 0 Å². The Balaban J connectivity index is 1.26. The van der Waals surface area contributed by atoms with E-state index in [4.69, 9.17) is 0 Å². The van der Waals surface area contributed by atoms with Crippen LogP contribution in [0.25, 0.3) is 0 Å². The zero-order valence-electron chi connectivity index (χ0n) is 16.8. The Morgan fingerprint density at radius 1 is 1.18 bits per heavy atom. The highest BCUT2D eigenvalue weighted by atomic mass is 16.1. The number of rotatable bonds is 6. The Kier molecular flexibility index (Phi) is 5.36. The second-order valence-electron chi connectivity index (χ2n) is 8.52. The van der Waals surface area contributed by atoms with Crippen molar-refractivity contribution in [2.75, 3.05) is 31.6 Å². The minimum absolute atomic E-state index is 0.141. The monoisotopic (exact) mass is 378 g/mol. The van der Waals surface area contributed by atoms with Gasteiger partial charge in [0.25, 0.3) is 5.91 Å². The lowest BCUT2D eigenvalue weighted by Gasteiger charge is -2.40. The van der Waals surface area contributed by atoms with Gasteiger partial charge in [0.05, 0.1) is 11.9 Å². The van der Waals surface area contributed by atoms with Crippen molar-refractivity contribution < 1.29 is 4.79 Å². The van der Waals surface area contributed by atoms with Crippen molar-refractivity contribution in [3.05, 3.63) is 59.9 Å². The van der Waals surface area contributed by atoms with E-state index in [0.717, 1.165) is 25.3 Å². The van der Waals surface area contributed by atoms with E-state index in [9.17, 15) is 4.79 Å². The number of pyridine rings is 1. The fourth-order valence-electron chi connectivity index (χ4n) is 4.18. The van der Waals surface area contributed by atoms with Crippen LogP contribution in [0.3, 0.4) is 0 Å². The molecule has 2 aliphatic rings. The predicted molar refractivity (Wildman–Crippen MR) is 113 cm³/mol. The molecule has 0 radical (unpaired) electrons. The summed E-state index contributed by atoms with van der Waals surface area (Å²) in [4.78, 5) is 18.3. The van der Waals surface area contributed by atoms with Crippen molar-refractivity contribution in [3.8, 4) is 0 Å². The average molecular weight is 379 g/mol. The van der Waals surface area contributed by atoms with Crippen LogP contribution in [-0.4, -0.2) is 43.6 Å². The zero-order valence-corrected chi connectivity index (χ0v) is 16.8. The predicted octanol–water partition coefficient (Wildman–Crippen LogP) is 3.19. The molecule has 2 atom stereocenters. The lowest BCUT2D eigenvalue weighted by Crippen LogP contribution is -2.44. The Labute approximate surface area is 167 Å². The third-order valence-electron chi connectivity index (χ3n) is 6.35. The number of hydrogen-bond acceptors (Lipinski definition) is 4. The number of piperidine rings is 1. The van der Waals surface area contributed by atoms with E-state index < -0.39 is 0 Å². The number of nitrogens with zero attached hydrogens (tertiary/aromatic N) is 2. The molecule has 1 aliphatic carbocycles. The van der Waals surface area contributed by atoms with Crippen LogP contribution in [0.1, 0.15) is 48.2 Å². The van der Waals surface area contributed by atoms with Gasteiger partial charge in [0, 0.05) is 38.6 Å². The summed E-state index contributed by atoms with van der Waals surface area (Å²) < 4.78 is 0. The summed E-state index contributed by atoms with van der Waals surface area (Å²) in [6.07, 6.45) is 5.41. The van der Waals surface area contributed by atoms with Crippen LogP contribution in [0.2, 0.25) is 0 Å². The molecule has 2 N–H and O–H groups in total. The molecule has 1 aliphatic heterocycles. The summed E-state index contributed by atoms with van der Waals surface area (Å²) in [7, 11) is 1.63. The molecular weight excluding hydrogens is 348 g/mol. The molecular formula is C23H30N4O. The summed E-state index contributed by atoms with van der Waals surface area (Å²) in [5.41, 5.74) is 3.38. The van der Waals surface area contributed by atoms with Gasteiger partial charge in [-0.25, -0.2) is 4.98 Å². The lowest BCUT2D eigenvalue weighted by atomic mass is 9.80. The van der Waals surface area contributed by atoms with E-state index in [-0.39, 0.29) is 5.91 Å². The summed E-state index contributed by atoms with van der Waals surface area (Å²) in [5, 5.41) is 6.43. The first-order valence-corrected chi connectivity index (χ1v) is 10.3. The molecule has 1 amide bonds. The van der Waals surface area contributed by atoms with Crippen LogP contribution < -0.4 is 15.5 Å². The van der Waals surface area contributed by atoms with Gasteiger partial charge in [-0.2, -0.15) is 0 Å². The first-order chi connectivity index (χ1) is 13.6. The molecule has 5 nitrogen and oxygen atoms in total. The molecule has 1 aromatic heterocycles. The highest BCUT2D eigenvalue weighted by Gasteiger charge is 2.40. The van der Waals surface area contributed by atoms with E-state index >= 15 is 0 Å². The maximum atomic E-state index is 11.6. The van der Waals surface area contributed by atoms with Gasteiger partial charge in [-0.05, 0) is 42.4 Å². The minimum atomic E-state index is -0.141. The largest absolute Gasteiger partial charge is 0.370 e. The van der Waals surface area contributed by atoms with Crippen LogP contribution in [-0.2, 0) is 0 Å².